The van der Waals surface area contributed by atoms with Crippen molar-refractivity contribution in [3.63, 3.8) is 0 Å². The van der Waals surface area contributed by atoms with E-state index in [1.165, 1.54) is 6.92 Å². The van der Waals surface area contributed by atoms with Crippen LogP contribution in [0.1, 0.15) is 13.3 Å². The van der Waals surface area contributed by atoms with Crippen LogP contribution in [-0.4, -0.2) is 16.9 Å². The van der Waals surface area contributed by atoms with E-state index in [-0.39, 0.29) is 6.42 Å². The van der Waals surface area contributed by atoms with Crippen LogP contribution in [0.2, 0.25) is 0 Å². The Bertz CT molecular complexity index is 119. The summed E-state index contributed by atoms with van der Waals surface area (Å²) in [6.45, 7) is 1.42. The van der Waals surface area contributed by atoms with Crippen molar-refractivity contribution in [3.05, 3.63) is 10.1 Å². The van der Waals surface area contributed by atoms with Gasteiger partial charge in [0.1, 0.15) is 5.97 Å². The molecular formula is C4H6NO4-. The average molecular weight is 132 g/mol. The third-order valence-electron chi connectivity index (χ3n) is 0.913. The molecule has 0 N–H and O–H groups in total. The molecule has 0 amide bonds. The van der Waals surface area contributed by atoms with Gasteiger partial charge in [-0.25, -0.2) is 0 Å². The maximum atomic E-state index is 9.82. The number of carboxylic acids is 1. The zero-order chi connectivity index (χ0) is 7.44. The molecule has 1 atom stereocenters. The average Bonchev–Trinajstić information content (AvgIpc) is 1.64. The second-order valence-electron chi connectivity index (χ2n) is 1.53. The summed E-state index contributed by atoms with van der Waals surface area (Å²) >= 11 is 0. The second-order valence-corrected chi connectivity index (χ2v) is 1.53. The zero-order valence-corrected chi connectivity index (χ0v) is 4.86. The van der Waals surface area contributed by atoms with E-state index < -0.39 is 16.9 Å². The number of carboxylic acid groups (broad SMARTS) is 1. The highest BCUT2D eigenvalue weighted by molar-refractivity contribution is 5.69. The Balaban J connectivity index is 3.99. The van der Waals surface area contributed by atoms with Crippen molar-refractivity contribution < 1.29 is 14.8 Å². The first kappa shape index (κ1) is 7.87. The molecule has 0 radical (unpaired) electrons. The van der Waals surface area contributed by atoms with Crippen molar-refractivity contribution in [1.29, 1.82) is 0 Å². The lowest BCUT2D eigenvalue weighted by Crippen LogP contribution is -2.40. The van der Waals surface area contributed by atoms with Gasteiger partial charge in [0.05, 0.1) is 0 Å². The van der Waals surface area contributed by atoms with Crippen LogP contribution >= 0.6 is 0 Å². The molecule has 5 nitrogen and oxygen atoms in total. The minimum absolute atomic E-state index is 0.0324. The summed E-state index contributed by atoms with van der Waals surface area (Å²) in [6, 6.07) is -1.55. The molecule has 5 heteroatoms. The lowest BCUT2D eigenvalue weighted by Gasteiger charge is -2.05. The van der Waals surface area contributed by atoms with Crippen molar-refractivity contribution in [1.82, 2.24) is 0 Å². The third kappa shape index (κ3) is 2.07. The van der Waals surface area contributed by atoms with Gasteiger partial charge >= 0.3 is 0 Å². The van der Waals surface area contributed by atoms with Crippen LogP contribution in [0.25, 0.3) is 0 Å². The van der Waals surface area contributed by atoms with E-state index in [0.29, 0.717) is 0 Å². The first-order valence-electron chi connectivity index (χ1n) is 2.44. The number of hydrogen-bond donors (Lipinski definition) is 0. The standard InChI is InChI=1S/C4H7NO4/c1-2-3(4(6)7)5(8)9/h3H,2H2,1H3,(H,6,7)/p-1. The Kier molecular flexibility index (Phi) is 2.63. The number of carbonyl (C=O) groups is 1. The minimum Gasteiger partial charge on any atom is -0.543 e. The van der Waals surface area contributed by atoms with Gasteiger partial charge in [-0.3, -0.25) is 10.1 Å². The largest absolute Gasteiger partial charge is 0.543 e. The van der Waals surface area contributed by atoms with E-state index >= 15 is 0 Å². The van der Waals surface area contributed by atoms with Crippen LogP contribution < -0.4 is 5.11 Å². The molecule has 0 aliphatic heterocycles. The molecule has 0 rings (SSSR count). The van der Waals surface area contributed by atoms with Gasteiger partial charge in [0.25, 0.3) is 6.04 Å². The maximum absolute atomic E-state index is 9.82. The summed E-state index contributed by atoms with van der Waals surface area (Å²) in [5.41, 5.74) is 0. The topological polar surface area (TPSA) is 83.3 Å². The quantitative estimate of drug-likeness (QED) is 0.356. The summed E-state index contributed by atoms with van der Waals surface area (Å²) in [7, 11) is 0. The van der Waals surface area contributed by atoms with Gasteiger partial charge in [0.2, 0.25) is 0 Å². The van der Waals surface area contributed by atoms with Crippen LogP contribution in [0.3, 0.4) is 0 Å². The Morgan fingerprint density at radius 3 is 2.22 bits per heavy atom. The van der Waals surface area contributed by atoms with Crippen molar-refractivity contribution in [2.45, 2.75) is 19.4 Å². The van der Waals surface area contributed by atoms with E-state index in [9.17, 15) is 20.0 Å². The molecule has 0 saturated heterocycles. The zero-order valence-electron chi connectivity index (χ0n) is 4.86. The number of hydrogen-bond acceptors (Lipinski definition) is 4. The molecule has 0 bridgehead atoms. The molecule has 52 valence electrons. The van der Waals surface area contributed by atoms with Crippen LogP contribution in [0.5, 0.6) is 0 Å². The SMILES string of the molecule is CCC(C(=O)[O-])[N+](=O)[O-]. The molecule has 0 aromatic carbocycles. The fourth-order valence-electron chi connectivity index (χ4n) is 0.402. The van der Waals surface area contributed by atoms with E-state index in [1.807, 2.05) is 0 Å². The predicted octanol–water partition coefficient (Wildman–Crippen LogP) is -1.21. The molecule has 0 aliphatic carbocycles. The number of nitro groups is 1. The molecule has 0 heterocycles. The molecule has 0 saturated carbocycles. The van der Waals surface area contributed by atoms with Crippen LogP contribution in [-0.2, 0) is 4.79 Å². The summed E-state index contributed by atoms with van der Waals surface area (Å²) in [4.78, 5) is 18.7. The van der Waals surface area contributed by atoms with Crippen molar-refractivity contribution in [2.75, 3.05) is 0 Å². The number of nitrogens with zero attached hydrogens (tertiary/aromatic N) is 1. The summed E-state index contributed by atoms with van der Waals surface area (Å²) in [5.74, 6) is -1.62. The van der Waals surface area contributed by atoms with Gasteiger partial charge < -0.3 is 9.90 Å². The van der Waals surface area contributed by atoms with E-state index in [0.717, 1.165) is 0 Å². The first-order chi connectivity index (χ1) is 4.09. The van der Waals surface area contributed by atoms with E-state index in [2.05, 4.69) is 0 Å². The summed E-state index contributed by atoms with van der Waals surface area (Å²) < 4.78 is 0. The Morgan fingerprint density at radius 2 is 2.22 bits per heavy atom. The van der Waals surface area contributed by atoms with Crippen LogP contribution in [0.4, 0.5) is 0 Å². The van der Waals surface area contributed by atoms with Gasteiger partial charge in [-0.05, 0) is 0 Å². The Hall–Kier alpha value is -1.13. The van der Waals surface area contributed by atoms with Gasteiger partial charge in [-0.2, -0.15) is 0 Å². The van der Waals surface area contributed by atoms with E-state index in [1.54, 1.807) is 0 Å². The van der Waals surface area contributed by atoms with Crippen molar-refractivity contribution >= 4 is 5.97 Å². The third-order valence-corrected chi connectivity index (χ3v) is 0.913. The van der Waals surface area contributed by atoms with Crippen LogP contribution in [0.15, 0.2) is 0 Å². The normalized spacial score (nSPS) is 12.6. The molecule has 1 unspecified atom stereocenters. The highest BCUT2D eigenvalue weighted by atomic mass is 16.6. The smallest absolute Gasteiger partial charge is 0.251 e. The monoisotopic (exact) mass is 132 g/mol. The fourth-order valence-corrected chi connectivity index (χ4v) is 0.402. The molecule has 0 fully saturated rings. The maximum Gasteiger partial charge on any atom is 0.251 e. The molecule has 0 aromatic heterocycles. The van der Waals surface area contributed by atoms with Gasteiger partial charge in [-0.15, -0.1) is 0 Å². The summed E-state index contributed by atoms with van der Waals surface area (Å²) in [6.07, 6.45) is -0.0324. The van der Waals surface area contributed by atoms with Crippen molar-refractivity contribution in [2.24, 2.45) is 0 Å². The van der Waals surface area contributed by atoms with Crippen LogP contribution in [0, 0.1) is 10.1 Å². The minimum atomic E-state index is -1.62. The summed E-state index contributed by atoms with van der Waals surface area (Å²) in [5, 5.41) is 19.6. The highest BCUT2D eigenvalue weighted by Crippen LogP contribution is 1.92. The predicted molar refractivity (Wildman–Crippen MR) is 26.1 cm³/mol. The molecule has 0 aromatic rings. The Labute approximate surface area is 51.4 Å². The number of carbonyl (C=O) groups excluding carboxylic acids is 1. The second kappa shape index (κ2) is 3.01. The fraction of sp³-hybridized carbons (Fsp3) is 0.750. The number of rotatable bonds is 3. The van der Waals surface area contributed by atoms with Gasteiger partial charge in [-0.1, -0.05) is 6.92 Å². The van der Waals surface area contributed by atoms with E-state index in [4.69, 9.17) is 0 Å². The van der Waals surface area contributed by atoms with Crippen molar-refractivity contribution in [3.8, 4) is 0 Å². The Morgan fingerprint density at radius 1 is 1.78 bits per heavy atom. The first-order valence-corrected chi connectivity index (χ1v) is 2.44. The van der Waals surface area contributed by atoms with Gasteiger partial charge in [0.15, 0.2) is 0 Å². The number of aliphatic carboxylic acids is 1. The molecule has 0 aliphatic rings. The lowest BCUT2D eigenvalue weighted by molar-refractivity contribution is -0.523. The lowest BCUT2D eigenvalue weighted by atomic mass is 10.2. The highest BCUT2D eigenvalue weighted by Gasteiger charge is 2.17. The molecular weight excluding hydrogens is 126 g/mol. The molecule has 0 spiro atoms. The van der Waals surface area contributed by atoms with Gasteiger partial charge in [0, 0.05) is 11.3 Å². The molecule has 9 heavy (non-hydrogen) atoms.